The van der Waals surface area contributed by atoms with Crippen molar-refractivity contribution in [3.05, 3.63) is 70.8 Å². The van der Waals surface area contributed by atoms with Gasteiger partial charge in [0.25, 0.3) is 0 Å². The first-order valence-electron chi connectivity index (χ1n) is 12.3. The zero-order valence-electron chi connectivity index (χ0n) is 20.1. The highest BCUT2D eigenvalue weighted by Crippen LogP contribution is 2.28. The quantitative estimate of drug-likeness (QED) is 0.339. The Morgan fingerprint density at radius 2 is 1.00 bits per heavy atom. The summed E-state index contributed by atoms with van der Waals surface area (Å²) in [7, 11) is 0. The number of nitrogens with one attached hydrogen (secondary N) is 2. The van der Waals surface area contributed by atoms with Gasteiger partial charge in [0.05, 0.1) is 0 Å². The number of hydrogen-bond acceptors (Lipinski definition) is 2. The summed E-state index contributed by atoms with van der Waals surface area (Å²) in [5, 5.41) is 7.44. The van der Waals surface area contributed by atoms with Gasteiger partial charge in [-0.2, -0.15) is 0 Å². The van der Waals surface area contributed by atoms with Crippen molar-refractivity contribution in [1.29, 1.82) is 0 Å². The minimum absolute atomic E-state index is 0. The van der Waals surface area contributed by atoms with Crippen LogP contribution in [0.3, 0.4) is 0 Å². The first-order valence-corrected chi connectivity index (χ1v) is 12.3. The molecule has 2 aromatic carbocycles. The molecule has 2 aromatic rings. The highest BCUT2D eigenvalue weighted by Gasteiger charge is 2.21. The number of rotatable bonds is 12. The molecule has 3 rings (SSSR count). The highest BCUT2D eigenvalue weighted by molar-refractivity contribution is 5.85. The van der Waals surface area contributed by atoms with Crippen molar-refractivity contribution >= 4 is 24.8 Å². The Labute approximate surface area is 209 Å². The van der Waals surface area contributed by atoms with E-state index in [4.69, 9.17) is 0 Å². The molecule has 2 nitrogen and oxygen atoms in total. The molecular weight excluding hydrogens is 435 g/mol. The van der Waals surface area contributed by atoms with Crippen molar-refractivity contribution in [3.8, 4) is 0 Å². The topological polar surface area (TPSA) is 24.1 Å². The third kappa shape index (κ3) is 10.3. The Bertz CT molecular complexity index is 654. The summed E-state index contributed by atoms with van der Waals surface area (Å²) >= 11 is 0. The summed E-state index contributed by atoms with van der Waals surface area (Å²) in [5.74, 6) is 1.66. The van der Waals surface area contributed by atoms with E-state index in [9.17, 15) is 0 Å². The van der Waals surface area contributed by atoms with Crippen LogP contribution in [0, 0.1) is 11.8 Å². The highest BCUT2D eigenvalue weighted by atomic mass is 35.5. The molecule has 1 aliphatic rings. The molecule has 2 N–H and O–H groups in total. The van der Waals surface area contributed by atoms with Crippen LogP contribution in [0.4, 0.5) is 0 Å². The average molecular weight is 480 g/mol. The monoisotopic (exact) mass is 478 g/mol. The maximum atomic E-state index is 3.72. The molecule has 180 valence electrons. The fraction of sp³-hybridized carbons (Fsp3) is 0.571. The van der Waals surface area contributed by atoms with Gasteiger partial charge in [0.2, 0.25) is 0 Å². The molecule has 0 radical (unpaired) electrons. The van der Waals surface area contributed by atoms with Crippen LogP contribution in [0.15, 0.2) is 48.5 Å². The van der Waals surface area contributed by atoms with E-state index >= 15 is 0 Å². The van der Waals surface area contributed by atoms with Gasteiger partial charge in [-0.1, -0.05) is 81.6 Å². The van der Waals surface area contributed by atoms with Gasteiger partial charge in [-0.15, -0.1) is 24.8 Å². The van der Waals surface area contributed by atoms with Crippen molar-refractivity contribution in [2.45, 2.75) is 78.3 Å². The van der Waals surface area contributed by atoms with E-state index in [1.165, 1.54) is 73.6 Å². The van der Waals surface area contributed by atoms with Crippen LogP contribution in [0.1, 0.15) is 74.6 Å². The lowest BCUT2D eigenvalue weighted by Crippen LogP contribution is -2.31. The molecule has 0 aliphatic heterocycles. The van der Waals surface area contributed by atoms with Crippen LogP contribution in [-0.2, 0) is 25.9 Å². The Hall–Kier alpha value is -1.06. The summed E-state index contributed by atoms with van der Waals surface area (Å²) in [4.78, 5) is 0. The molecule has 2 atom stereocenters. The zero-order chi connectivity index (χ0) is 21.0. The number of aryl methyl sites for hydroxylation is 2. The van der Waals surface area contributed by atoms with Gasteiger partial charge in [0.1, 0.15) is 0 Å². The predicted molar refractivity (Wildman–Crippen MR) is 144 cm³/mol. The van der Waals surface area contributed by atoms with Crippen molar-refractivity contribution < 1.29 is 0 Å². The fourth-order valence-electron chi connectivity index (χ4n) is 4.84. The molecule has 4 heteroatoms. The number of benzene rings is 2. The van der Waals surface area contributed by atoms with Crippen molar-refractivity contribution in [2.24, 2.45) is 11.8 Å². The maximum absolute atomic E-state index is 3.72. The van der Waals surface area contributed by atoms with Crippen LogP contribution in [0.25, 0.3) is 0 Å². The standard InChI is InChI=1S/C28H42N2.2ClH/c1-3-6-23-10-14-25(15-11-23)19-29-21-27-8-5-9-28(18-27)22-30-20-26-16-12-24(7-4-2)13-17-26;;/h10-17,27-30H,3-9,18-22H2,1-2H3;2*1H. The first-order chi connectivity index (χ1) is 14.8. The van der Waals surface area contributed by atoms with E-state index in [0.29, 0.717) is 0 Å². The van der Waals surface area contributed by atoms with Crippen LogP contribution in [0.5, 0.6) is 0 Å². The maximum Gasteiger partial charge on any atom is 0.0205 e. The smallest absolute Gasteiger partial charge is 0.0205 e. The summed E-state index contributed by atoms with van der Waals surface area (Å²) < 4.78 is 0. The van der Waals surface area contributed by atoms with Crippen LogP contribution < -0.4 is 10.6 Å². The molecule has 32 heavy (non-hydrogen) atoms. The normalized spacial score (nSPS) is 17.9. The third-order valence-electron chi connectivity index (χ3n) is 6.54. The van der Waals surface area contributed by atoms with Crippen LogP contribution in [-0.4, -0.2) is 13.1 Å². The van der Waals surface area contributed by atoms with E-state index in [2.05, 4.69) is 73.0 Å². The summed E-state index contributed by atoms with van der Waals surface area (Å²) in [6.45, 7) is 8.80. The van der Waals surface area contributed by atoms with Gasteiger partial charge in [0.15, 0.2) is 0 Å². The fourth-order valence-corrected chi connectivity index (χ4v) is 4.84. The van der Waals surface area contributed by atoms with E-state index in [1.807, 2.05) is 0 Å². The minimum Gasteiger partial charge on any atom is -0.312 e. The van der Waals surface area contributed by atoms with E-state index < -0.39 is 0 Å². The summed E-state index contributed by atoms with van der Waals surface area (Å²) in [6.07, 6.45) is 10.3. The Morgan fingerprint density at radius 3 is 1.38 bits per heavy atom. The Kier molecular flexibility index (Phi) is 15.0. The van der Waals surface area contributed by atoms with Gasteiger partial charge >= 0.3 is 0 Å². The molecule has 0 saturated heterocycles. The van der Waals surface area contributed by atoms with Crippen molar-refractivity contribution in [1.82, 2.24) is 10.6 Å². The third-order valence-corrected chi connectivity index (χ3v) is 6.54. The Morgan fingerprint density at radius 1 is 0.625 bits per heavy atom. The van der Waals surface area contributed by atoms with Gasteiger partial charge < -0.3 is 10.6 Å². The molecule has 0 aromatic heterocycles. The Balaban J connectivity index is 0.00000256. The minimum atomic E-state index is 0. The van der Waals surface area contributed by atoms with Gasteiger partial charge in [0, 0.05) is 13.1 Å². The van der Waals surface area contributed by atoms with Gasteiger partial charge in [-0.25, -0.2) is 0 Å². The second kappa shape index (κ2) is 16.5. The lowest BCUT2D eigenvalue weighted by Gasteiger charge is -2.29. The molecule has 0 spiro atoms. The predicted octanol–water partition coefficient (Wildman–Crippen LogP) is 7.12. The molecule has 2 unspecified atom stereocenters. The molecule has 1 fully saturated rings. The van der Waals surface area contributed by atoms with E-state index in [1.54, 1.807) is 0 Å². The number of halogens is 2. The molecule has 0 heterocycles. The lowest BCUT2D eigenvalue weighted by atomic mass is 9.81. The van der Waals surface area contributed by atoms with Crippen molar-refractivity contribution in [3.63, 3.8) is 0 Å². The van der Waals surface area contributed by atoms with E-state index in [0.717, 1.165) is 38.0 Å². The second-order valence-electron chi connectivity index (χ2n) is 9.29. The van der Waals surface area contributed by atoms with Gasteiger partial charge in [-0.3, -0.25) is 0 Å². The van der Waals surface area contributed by atoms with E-state index in [-0.39, 0.29) is 24.8 Å². The zero-order valence-corrected chi connectivity index (χ0v) is 21.7. The van der Waals surface area contributed by atoms with Crippen LogP contribution >= 0.6 is 24.8 Å². The molecule has 1 aliphatic carbocycles. The average Bonchev–Trinajstić information content (AvgIpc) is 2.77. The SMILES string of the molecule is CCCc1ccc(CNCC2CCCC(CNCc3ccc(CCC)cc3)C2)cc1.Cl.Cl. The second-order valence-corrected chi connectivity index (χ2v) is 9.29. The molecular formula is C28H44Cl2N2. The molecule has 0 bridgehead atoms. The lowest BCUT2D eigenvalue weighted by molar-refractivity contribution is 0.252. The van der Waals surface area contributed by atoms with Crippen LogP contribution in [0.2, 0.25) is 0 Å². The van der Waals surface area contributed by atoms with Gasteiger partial charge in [-0.05, 0) is 79.3 Å². The molecule has 0 amide bonds. The summed E-state index contributed by atoms with van der Waals surface area (Å²) in [6, 6.07) is 18.3. The molecule has 1 saturated carbocycles. The van der Waals surface area contributed by atoms with Crippen molar-refractivity contribution in [2.75, 3.05) is 13.1 Å². The first kappa shape index (κ1) is 29.0. The largest absolute Gasteiger partial charge is 0.312 e. The number of hydrogen-bond donors (Lipinski definition) is 2. The summed E-state index contributed by atoms with van der Waals surface area (Å²) in [5.41, 5.74) is 5.74.